The lowest BCUT2D eigenvalue weighted by atomic mass is 9.96. The van der Waals surface area contributed by atoms with E-state index in [0.29, 0.717) is 5.02 Å². The van der Waals surface area contributed by atoms with Crippen LogP contribution >= 0.6 is 11.6 Å². The van der Waals surface area contributed by atoms with Crippen LogP contribution < -0.4 is 10.6 Å². The summed E-state index contributed by atoms with van der Waals surface area (Å²) in [5.41, 5.74) is 5.28. The molecule has 2 N–H and O–H groups in total. The number of carbonyl (C=O) groups is 1. The van der Waals surface area contributed by atoms with Crippen LogP contribution in [0.3, 0.4) is 0 Å². The molecule has 0 aromatic carbocycles. The van der Waals surface area contributed by atoms with Gasteiger partial charge in [-0.15, -0.1) is 0 Å². The van der Waals surface area contributed by atoms with E-state index in [1.807, 2.05) is 12.1 Å². The first kappa shape index (κ1) is 11.2. The Balaban J connectivity index is 1.99. The highest BCUT2D eigenvalue weighted by molar-refractivity contribution is 6.30. The Morgan fingerprint density at radius 2 is 2.12 bits per heavy atom. The van der Waals surface area contributed by atoms with Crippen LogP contribution in [0.4, 0.5) is 5.82 Å². The molecule has 2 rings (SSSR count). The van der Waals surface area contributed by atoms with E-state index in [9.17, 15) is 4.79 Å². The molecule has 1 amide bonds. The Morgan fingerprint density at radius 1 is 1.44 bits per heavy atom. The third-order valence-corrected chi connectivity index (χ3v) is 3.16. The predicted octanol–water partition coefficient (Wildman–Crippen LogP) is 1.44. The summed E-state index contributed by atoms with van der Waals surface area (Å²) < 4.78 is 0. The van der Waals surface area contributed by atoms with Gasteiger partial charge in [0, 0.05) is 25.2 Å². The van der Waals surface area contributed by atoms with E-state index in [-0.39, 0.29) is 11.8 Å². The highest BCUT2D eigenvalue weighted by Gasteiger charge is 2.23. The number of amides is 1. The molecule has 1 aliphatic rings. The second kappa shape index (κ2) is 4.70. The molecule has 1 aromatic heterocycles. The van der Waals surface area contributed by atoms with E-state index in [0.717, 1.165) is 31.7 Å². The van der Waals surface area contributed by atoms with E-state index in [4.69, 9.17) is 17.3 Å². The summed E-state index contributed by atoms with van der Waals surface area (Å²) in [6.45, 7) is 1.64. The molecule has 4 nitrogen and oxygen atoms in total. The van der Waals surface area contributed by atoms with Crippen LogP contribution in [-0.4, -0.2) is 24.0 Å². The first-order valence-electron chi connectivity index (χ1n) is 5.32. The van der Waals surface area contributed by atoms with Crippen molar-refractivity contribution in [2.45, 2.75) is 12.8 Å². The van der Waals surface area contributed by atoms with E-state index in [1.54, 1.807) is 6.20 Å². The number of pyridine rings is 1. The minimum Gasteiger partial charge on any atom is -0.369 e. The van der Waals surface area contributed by atoms with Crippen LogP contribution in [0.2, 0.25) is 5.02 Å². The number of hydrogen-bond acceptors (Lipinski definition) is 3. The fourth-order valence-electron chi connectivity index (χ4n) is 1.95. The van der Waals surface area contributed by atoms with E-state index in [1.165, 1.54) is 0 Å². The first-order chi connectivity index (χ1) is 7.66. The fraction of sp³-hybridized carbons (Fsp3) is 0.455. The van der Waals surface area contributed by atoms with Crippen molar-refractivity contribution in [2.75, 3.05) is 18.0 Å². The number of nitrogens with zero attached hydrogens (tertiary/aromatic N) is 2. The van der Waals surface area contributed by atoms with Crippen LogP contribution in [0.1, 0.15) is 12.8 Å². The summed E-state index contributed by atoms with van der Waals surface area (Å²) in [6, 6.07) is 3.72. The largest absolute Gasteiger partial charge is 0.369 e. The molecule has 0 unspecified atom stereocenters. The van der Waals surface area contributed by atoms with Crippen molar-refractivity contribution in [1.82, 2.24) is 4.98 Å². The van der Waals surface area contributed by atoms with Crippen molar-refractivity contribution in [3.8, 4) is 0 Å². The molecular formula is C11H14ClN3O. The zero-order chi connectivity index (χ0) is 11.5. The zero-order valence-electron chi connectivity index (χ0n) is 8.90. The molecule has 0 saturated carbocycles. The molecule has 0 bridgehead atoms. The molecule has 1 saturated heterocycles. The Labute approximate surface area is 99.4 Å². The van der Waals surface area contributed by atoms with E-state index < -0.39 is 0 Å². The number of halogens is 1. The smallest absolute Gasteiger partial charge is 0.220 e. The van der Waals surface area contributed by atoms with Gasteiger partial charge in [0.05, 0.1) is 5.02 Å². The minimum absolute atomic E-state index is 0.0172. The van der Waals surface area contributed by atoms with Crippen molar-refractivity contribution in [2.24, 2.45) is 11.7 Å². The molecule has 1 aromatic rings. The third-order valence-electron chi connectivity index (χ3n) is 2.93. The lowest BCUT2D eigenvalue weighted by molar-refractivity contribution is -0.122. The maximum Gasteiger partial charge on any atom is 0.220 e. The molecular weight excluding hydrogens is 226 g/mol. The van der Waals surface area contributed by atoms with Crippen LogP contribution in [0.5, 0.6) is 0 Å². The van der Waals surface area contributed by atoms with Gasteiger partial charge in [-0.3, -0.25) is 4.79 Å². The van der Waals surface area contributed by atoms with Crippen LogP contribution in [0, 0.1) is 5.92 Å². The van der Waals surface area contributed by atoms with Gasteiger partial charge in [0.1, 0.15) is 5.82 Å². The van der Waals surface area contributed by atoms with Crippen molar-refractivity contribution in [1.29, 1.82) is 0 Å². The molecule has 0 spiro atoms. The normalized spacial score (nSPS) is 17.4. The van der Waals surface area contributed by atoms with Crippen LogP contribution in [0.15, 0.2) is 18.3 Å². The van der Waals surface area contributed by atoms with Gasteiger partial charge in [-0.2, -0.15) is 0 Å². The maximum absolute atomic E-state index is 11.0. The SMILES string of the molecule is NC(=O)C1CCN(c2ccc(Cl)cn2)CC1. The van der Waals surface area contributed by atoms with Gasteiger partial charge in [0.15, 0.2) is 0 Å². The number of nitrogens with two attached hydrogens (primary N) is 1. The summed E-state index contributed by atoms with van der Waals surface area (Å²) in [5, 5.41) is 0.635. The van der Waals surface area contributed by atoms with E-state index in [2.05, 4.69) is 9.88 Å². The lowest BCUT2D eigenvalue weighted by Crippen LogP contribution is -2.38. The van der Waals surface area contributed by atoms with Gasteiger partial charge in [0.2, 0.25) is 5.91 Å². The fourth-order valence-corrected chi connectivity index (χ4v) is 2.06. The third kappa shape index (κ3) is 2.44. The van der Waals surface area contributed by atoms with Crippen molar-refractivity contribution < 1.29 is 4.79 Å². The summed E-state index contributed by atoms with van der Waals surface area (Å²) in [5.74, 6) is 0.736. The molecule has 2 heterocycles. The van der Waals surface area contributed by atoms with Gasteiger partial charge in [-0.1, -0.05) is 11.6 Å². The number of rotatable bonds is 2. The van der Waals surface area contributed by atoms with Gasteiger partial charge in [-0.25, -0.2) is 4.98 Å². The highest BCUT2D eigenvalue weighted by atomic mass is 35.5. The van der Waals surface area contributed by atoms with Crippen LogP contribution in [-0.2, 0) is 4.79 Å². The number of aromatic nitrogens is 1. The molecule has 16 heavy (non-hydrogen) atoms. The first-order valence-corrected chi connectivity index (χ1v) is 5.70. The monoisotopic (exact) mass is 239 g/mol. The minimum atomic E-state index is -0.191. The lowest BCUT2D eigenvalue weighted by Gasteiger charge is -2.31. The van der Waals surface area contributed by atoms with Gasteiger partial charge < -0.3 is 10.6 Å². The molecule has 0 aliphatic carbocycles. The average molecular weight is 240 g/mol. The maximum atomic E-state index is 11.0. The summed E-state index contributed by atoms with van der Waals surface area (Å²) >= 11 is 5.77. The average Bonchev–Trinajstić information content (AvgIpc) is 2.30. The molecule has 1 fully saturated rings. The van der Waals surface area contributed by atoms with Gasteiger partial charge >= 0.3 is 0 Å². The predicted molar refractivity (Wildman–Crippen MR) is 63.4 cm³/mol. The molecule has 0 radical (unpaired) electrons. The zero-order valence-corrected chi connectivity index (χ0v) is 9.65. The van der Waals surface area contributed by atoms with E-state index >= 15 is 0 Å². The Hall–Kier alpha value is -1.29. The Morgan fingerprint density at radius 3 is 2.62 bits per heavy atom. The topological polar surface area (TPSA) is 59.2 Å². The Bertz CT molecular complexity index is 371. The molecule has 0 atom stereocenters. The highest BCUT2D eigenvalue weighted by Crippen LogP contribution is 2.22. The second-order valence-corrected chi connectivity index (χ2v) is 4.43. The van der Waals surface area contributed by atoms with Crippen LogP contribution in [0.25, 0.3) is 0 Å². The van der Waals surface area contributed by atoms with Gasteiger partial charge in [-0.05, 0) is 25.0 Å². The standard InChI is InChI=1S/C11H14ClN3O/c12-9-1-2-10(14-7-9)15-5-3-8(4-6-15)11(13)16/h1-2,7-8H,3-6H2,(H2,13,16). The van der Waals surface area contributed by atoms with Crippen molar-refractivity contribution >= 4 is 23.3 Å². The number of anilines is 1. The number of piperidine rings is 1. The summed E-state index contributed by atoms with van der Waals surface area (Å²) in [6.07, 6.45) is 3.25. The van der Waals surface area contributed by atoms with Crippen molar-refractivity contribution in [3.05, 3.63) is 23.4 Å². The van der Waals surface area contributed by atoms with Gasteiger partial charge in [0.25, 0.3) is 0 Å². The molecule has 5 heteroatoms. The number of hydrogen-bond donors (Lipinski definition) is 1. The summed E-state index contributed by atoms with van der Waals surface area (Å²) in [4.78, 5) is 17.4. The second-order valence-electron chi connectivity index (χ2n) is 4.00. The number of carbonyl (C=O) groups excluding carboxylic acids is 1. The van der Waals surface area contributed by atoms with Crippen molar-refractivity contribution in [3.63, 3.8) is 0 Å². The summed E-state index contributed by atoms with van der Waals surface area (Å²) in [7, 11) is 0. The molecule has 1 aliphatic heterocycles. The Kier molecular flexibility index (Phi) is 3.29. The quantitative estimate of drug-likeness (QED) is 0.850. The molecule has 86 valence electrons. The number of primary amides is 1.